The molecule has 4 nitrogen and oxygen atoms in total. The molecule has 0 heterocycles. The Bertz CT molecular complexity index is 213. The Labute approximate surface area is 117 Å². The van der Waals surface area contributed by atoms with E-state index in [1.54, 1.807) is 7.11 Å². The number of nitrogens with two attached hydrogens (primary N) is 1. The number of rotatable bonds is 12. The lowest BCUT2D eigenvalue weighted by Gasteiger charge is -2.24. The molecule has 5 heteroatoms. The van der Waals surface area contributed by atoms with Gasteiger partial charge in [0.15, 0.2) is 0 Å². The number of methoxy groups -OCH3 is 1. The van der Waals surface area contributed by atoms with E-state index in [9.17, 15) is 0 Å². The van der Waals surface area contributed by atoms with Gasteiger partial charge in [-0.1, -0.05) is 26.1 Å². The van der Waals surface area contributed by atoms with Gasteiger partial charge in [0.1, 0.15) is 0 Å². The summed E-state index contributed by atoms with van der Waals surface area (Å²) in [5, 5.41) is 0. The Kier molecular flexibility index (Phi) is 11.7. The molecule has 0 aliphatic carbocycles. The quantitative estimate of drug-likeness (QED) is 0.434. The molecule has 2 N–H and O–H groups in total. The zero-order valence-corrected chi connectivity index (χ0v) is 12.8. The van der Waals surface area contributed by atoms with Gasteiger partial charge < -0.3 is 20.1 Å². The molecule has 0 spiro atoms. The summed E-state index contributed by atoms with van der Waals surface area (Å²) in [5.41, 5.74) is 5.55. The van der Waals surface area contributed by atoms with Gasteiger partial charge >= 0.3 is 0 Å². The summed E-state index contributed by atoms with van der Waals surface area (Å²) in [4.78, 5) is 3.00. The first kappa shape index (κ1) is 17.8. The van der Waals surface area contributed by atoms with Crippen molar-refractivity contribution in [3.8, 4) is 0 Å². The minimum atomic E-state index is 0.597. The third-order valence-corrected chi connectivity index (χ3v) is 2.70. The van der Waals surface area contributed by atoms with Crippen molar-refractivity contribution in [2.75, 3.05) is 46.6 Å². The van der Waals surface area contributed by atoms with Crippen LogP contribution in [0.15, 0.2) is 0 Å². The summed E-state index contributed by atoms with van der Waals surface area (Å²) < 4.78 is 10.4. The highest BCUT2D eigenvalue weighted by Gasteiger charge is 2.07. The van der Waals surface area contributed by atoms with Gasteiger partial charge in [-0.05, 0) is 12.3 Å². The van der Waals surface area contributed by atoms with E-state index >= 15 is 0 Å². The van der Waals surface area contributed by atoms with Crippen LogP contribution in [-0.2, 0) is 9.47 Å². The molecule has 0 radical (unpaired) electrons. The fraction of sp³-hybridized carbons (Fsp3) is 0.923. The van der Waals surface area contributed by atoms with Gasteiger partial charge in [0.05, 0.1) is 18.2 Å². The number of hydrogen-bond donors (Lipinski definition) is 1. The van der Waals surface area contributed by atoms with Crippen LogP contribution in [0.2, 0.25) is 0 Å². The largest absolute Gasteiger partial charge is 0.393 e. The molecule has 0 aliphatic rings. The molecule has 0 saturated carbocycles. The lowest BCUT2D eigenvalue weighted by Crippen LogP contribution is -2.32. The SMILES string of the molecule is COCCOCCCN(CCC(N)=S)CC(C)C. The Morgan fingerprint density at radius 2 is 1.94 bits per heavy atom. The van der Waals surface area contributed by atoms with Crippen LogP contribution >= 0.6 is 12.2 Å². The summed E-state index contributed by atoms with van der Waals surface area (Å²) in [6.07, 6.45) is 1.83. The summed E-state index contributed by atoms with van der Waals surface area (Å²) in [6, 6.07) is 0. The molecule has 108 valence electrons. The van der Waals surface area contributed by atoms with Gasteiger partial charge in [-0.2, -0.15) is 0 Å². The second-order valence-electron chi connectivity index (χ2n) is 4.87. The molecular weight excluding hydrogens is 248 g/mol. The number of ether oxygens (including phenoxy) is 2. The van der Waals surface area contributed by atoms with Crippen LogP contribution in [0.3, 0.4) is 0 Å². The Balaban J connectivity index is 3.68. The summed E-state index contributed by atoms with van der Waals surface area (Å²) in [6.45, 7) is 9.64. The first-order chi connectivity index (χ1) is 8.56. The first-order valence-electron chi connectivity index (χ1n) is 6.63. The van der Waals surface area contributed by atoms with E-state index in [0.29, 0.717) is 24.1 Å². The highest BCUT2D eigenvalue weighted by atomic mass is 32.1. The van der Waals surface area contributed by atoms with E-state index in [4.69, 9.17) is 27.4 Å². The maximum atomic E-state index is 5.55. The maximum absolute atomic E-state index is 5.55. The Morgan fingerprint density at radius 3 is 2.50 bits per heavy atom. The highest BCUT2D eigenvalue weighted by molar-refractivity contribution is 7.80. The van der Waals surface area contributed by atoms with E-state index in [2.05, 4.69) is 18.7 Å². The van der Waals surface area contributed by atoms with Crippen molar-refractivity contribution in [1.29, 1.82) is 0 Å². The highest BCUT2D eigenvalue weighted by Crippen LogP contribution is 2.01. The van der Waals surface area contributed by atoms with Crippen molar-refractivity contribution >= 4 is 17.2 Å². The molecule has 0 saturated heterocycles. The summed E-state index contributed by atoms with van der Waals surface area (Å²) in [5.74, 6) is 0.658. The van der Waals surface area contributed by atoms with Crippen LogP contribution in [0, 0.1) is 5.92 Å². The minimum Gasteiger partial charge on any atom is -0.393 e. The standard InChI is InChI=1S/C13H28N2O2S/c1-12(2)11-15(7-5-13(14)18)6-4-8-17-10-9-16-3/h12H,4-11H2,1-3H3,(H2,14,18). The Morgan fingerprint density at radius 1 is 1.22 bits per heavy atom. The van der Waals surface area contributed by atoms with Crippen LogP contribution in [0.4, 0.5) is 0 Å². The molecule has 0 amide bonds. The molecule has 18 heavy (non-hydrogen) atoms. The van der Waals surface area contributed by atoms with Crippen LogP contribution in [0.5, 0.6) is 0 Å². The molecule has 0 rings (SSSR count). The van der Waals surface area contributed by atoms with Crippen molar-refractivity contribution in [2.45, 2.75) is 26.7 Å². The van der Waals surface area contributed by atoms with Crippen LogP contribution in [-0.4, -0.2) is 56.5 Å². The van der Waals surface area contributed by atoms with Crippen molar-refractivity contribution < 1.29 is 9.47 Å². The smallest absolute Gasteiger partial charge is 0.0740 e. The van der Waals surface area contributed by atoms with Crippen molar-refractivity contribution in [3.05, 3.63) is 0 Å². The van der Waals surface area contributed by atoms with Gasteiger partial charge in [0.2, 0.25) is 0 Å². The molecule has 0 bridgehead atoms. The van der Waals surface area contributed by atoms with Crippen LogP contribution < -0.4 is 5.73 Å². The molecule has 0 aromatic heterocycles. The van der Waals surface area contributed by atoms with Crippen molar-refractivity contribution in [2.24, 2.45) is 11.7 Å². The number of nitrogens with zero attached hydrogens (tertiary/aromatic N) is 1. The Hall–Kier alpha value is -0.230. The van der Waals surface area contributed by atoms with E-state index in [-0.39, 0.29) is 0 Å². The normalized spacial score (nSPS) is 11.4. The summed E-state index contributed by atoms with van der Waals surface area (Å²) >= 11 is 4.92. The van der Waals surface area contributed by atoms with Crippen LogP contribution in [0.1, 0.15) is 26.7 Å². The van der Waals surface area contributed by atoms with Gasteiger partial charge in [-0.15, -0.1) is 0 Å². The molecular formula is C13H28N2O2S. The molecule has 0 aromatic rings. The second kappa shape index (κ2) is 11.8. The minimum absolute atomic E-state index is 0.597. The number of hydrogen-bond acceptors (Lipinski definition) is 4. The van der Waals surface area contributed by atoms with E-state index in [1.165, 1.54) is 0 Å². The van der Waals surface area contributed by atoms with Crippen molar-refractivity contribution in [3.63, 3.8) is 0 Å². The van der Waals surface area contributed by atoms with Gasteiger partial charge in [0, 0.05) is 39.8 Å². The van der Waals surface area contributed by atoms with Gasteiger partial charge in [-0.3, -0.25) is 0 Å². The molecule has 0 unspecified atom stereocenters. The second-order valence-corrected chi connectivity index (χ2v) is 5.39. The monoisotopic (exact) mass is 276 g/mol. The molecule has 0 atom stereocenters. The fourth-order valence-electron chi connectivity index (χ4n) is 1.71. The lowest BCUT2D eigenvalue weighted by molar-refractivity contribution is 0.0648. The van der Waals surface area contributed by atoms with E-state index in [0.717, 1.165) is 39.1 Å². The first-order valence-corrected chi connectivity index (χ1v) is 7.04. The molecule has 0 aliphatic heterocycles. The topological polar surface area (TPSA) is 47.7 Å². The number of thiocarbonyl (C=S) groups is 1. The third kappa shape index (κ3) is 12.2. The van der Waals surface area contributed by atoms with E-state index < -0.39 is 0 Å². The fourth-order valence-corrected chi connectivity index (χ4v) is 1.80. The average Bonchev–Trinajstić information content (AvgIpc) is 2.29. The zero-order valence-electron chi connectivity index (χ0n) is 12.0. The van der Waals surface area contributed by atoms with Crippen molar-refractivity contribution in [1.82, 2.24) is 4.90 Å². The van der Waals surface area contributed by atoms with Gasteiger partial charge in [0.25, 0.3) is 0 Å². The molecule has 0 aromatic carbocycles. The zero-order chi connectivity index (χ0) is 13.8. The average molecular weight is 276 g/mol. The summed E-state index contributed by atoms with van der Waals surface area (Å²) in [7, 11) is 1.68. The van der Waals surface area contributed by atoms with Gasteiger partial charge in [-0.25, -0.2) is 0 Å². The van der Waals surface area contributed by atoms with E-state index in [1.807, 2.05) is 0 Å². The molecule has 0 fully saturated rings. The predicted octanol–water partition coefficient (Wildman–Crippen LogP) is 1.67. The predicted molar refractivity (Wildman–Crippen MR) is 80.0 cm³/mol. The van der Waals surface area contributed by atoms with Crippen LogP contribution in [0.25, 0.3) is 0 Å². The third-order valence-electron chi connectivity index (χ3n) is 2.49. The maximum Gasteiger partial charge on any atom is 0.0740 e. The lowest BCUT2D eigenvalue weighted by atomic mass is 10.2.